The van der Waals surface area contributed by atoms with Crippen molar-refractivity contribution in [3.05, 3.63) is 101 Å². The predicted octanol–water partition coefficient (Wildman–Crippen LogP) is 7.41. The van der Waals surface area contributed by atoms with Crippen molar-refractivity contribution in [3.8, 4) is 0 Å². The summed E-state index contributed by atoms with van der Waals surface area (Å²) in [5, 5.41) is 13.7. The van der Waals surface area contributed by atoms with Gasteiger partial charge >= 0.3 is 0 Å². The Morgan fingerprint density at radius 3 is 2.03 bits per heavy atom. The molecule has 0 spiro atoms. The Balaban J connectivity index is 0.000000434. The number of hydrazone groups is 1. The normalized spacial score (nSPS) is 18.3. The summed E-state index contributed by atoms with van der Waals surface area (Å²) in [6.45, 7) is 4.78. The number of halogens is 2. The third-order valence-electron chi connectivity index (χ3n) is 5.62. The van der Waals surface area contributed by atoms with Crippen LogP contribution >= 0.6 is 47.3 Å². The summed E-state index contributed by atoms with van der Waals surface area (Å²) in [5.41, 5.74) is 2.12. The van der Waals surface area contributed by atoms with Crippen molar-refractivity contribution in [1.29, 1.82) is 0 Å². The summed E-state index contributed by atoms with van der Waals surface area (Å²) >= 11 is 14.7. The van der Waals surface area contributed by atoms with Crippen molar-refractivity contribution in [2.45, 2.75) is 50.1 Å². The van der Waals surface area contributed by atoms with Gasteiger partial charge in [-0.2, -0.15) is 5.10 Å². The molecule has 4 N–H and O–H groups in total. The number of hydrogen-bond donors (Lipinski definition) is 3. The van der Waals surface area contributed by atoms with Crippen LogP contribution in [0.5, 0.6) is 0 Å². The molecule has 0 saturated heterocycles. The fraction of sp³-hybridized carbons (Fsp3) is 0.286. The molecule has 6 nitrogen and oxygen atoms in total. The number of nitrogens with one attached hydrogen (secondary N) is 2. The SMILES string of the molecule is CC.NSNC1CC(N=C(NSc2ccc(Cl)cc2)N2CCC(c3ccc(Cl)cc3)=N2)C1.c1ccccc1. The second kappa shape index (κ2) is 16.7. The van der Waals surface area contributed by atoms with Gasteiger partial charge in [0.1, 0.15) is 0 Å². The van der Waals surface area contributed by atoms with E-state index in [4.69, 9.17) is 38.4 Å². The molecule has 38 heavy (non-hydrogen) atoms. The van der Waals surface area contributed by atoms with Gasteiger partial charge in [-0.3, -0.25) is 9.86 Å². The fourth-order valence-electron chi connectivity index (χ4n) is 3.65. The topological polar surface area (TPSA) is 78.0 Å². The highest BCUT2D eigenvalue weighted by molar-refractivity contribution is 7.98. The van der Waals surface area contributed by atoms with Gasteiger partial charge in [0.05, 0.1) is 18.3 Å². The maximum Gasteiger partial charge on any atom is 0.225 e. The van der Waals surface area contributed by atoms with E-state index < -0.39 is 0 Å². The minimum absolute atomic E-state index is 0.248. The zero-order chi connectivity index (χ0) is 27.2. The molecule has 2 aliphatic rings. The zero-order valence-electron chi connectivity index (χ0n) is 21.6. The van der Waals surface area contributed by atoms with E-state index in [-0.39, 0.29) is 6.04 Å². The fourth-order valence-corrected chi connectivity index (χ4v) is 4.93. The van der Waals surface area contributed by atoms with Gasteiger partial charge < -0.3 is 0 Å². The summed E-state index contributed by atoms with van der Waals surface area (Å²) in [6, 6.07) is 28.2. The van der Waals surface area contributed by atoms with Crippen LogP contribution < -0.4 is 14.6 Å². The lowest BCUT2D eigenvalue weighted by molar-refractivity contribution is 0.330. The summed E-state index contributed by atoms with van der Waals surface area (Å²) in [6.07, 6.45) is 2.78. The third kappa shape index (κ3) is 9.84. The van der Waals surface area contributed by atoms with Crippen LogP contribution in [0.2, 0.25) is 10.0 Å². The van der Waals surface area contributed by atoms with Crippen LogP contribution in [0.4, 0.5) is 0 Å². The molecule has 0 aromatic heterocycles. The third-order valence-corrected chi connectivity index (χ3v) is 7.38. The van der Waals surface area contributed by atoms with Crippen molar-refractivity contribution in [2.24, 2.45) is 15.2 Å². The van der Waals surface area contributed by atoms with Crippen LogP contribution in [0.3, 0.4) is 0 Å². The molecule has 5 rings (SSSR count). The van der Waals surface area contributed by atoms with Gasteiger partial charge in [-0.15, -0.1) is 0 Å². The Kier molecular flexibility index (Phi) is 13.3. The summed E-state index contributed by atoms with van der Waals surface area (Å²) in [4.78, 5) is 5.99. The molecule has 0 atom stereocenters. The second-order valence-corrected chi connectivity index (χ2v) is 10.5. The van der Waals surface area contributed by atoms with Crippen LogP contribution in [-0.2, 0) is 0 Å². The van der Waals surface area contributed by atoms with Crippen LogP contribution in [0, 0.1) is 0 Å². The number of rotatable bonds is 6. The summed E-state index contributed by atoms with van der Waals surface area (Å²) in [7, 11) is 0. The van der Waals surface area contributed by atoms with Crippen LogP contribution in [0.15, 0.2) is 99.9 Å². The van der Waals surface area contributed by atoms with Crippen LogP contribution in [-0.4, -0.2) is 35.3 Å². The van der Waals surface area contributed by atoms with Crippen molar-refractivity contribution in [3.63, 3.8) is 0 Å². The molecule has 0 unspecified atom stereocenters. The van der Waals surface area contributed by atoms with E-state index in [9.17, 15) is 0 Å². The maximum atomic E-state index is 6.02. The summed E-state index contributed by atoms with van der Waals surface area (Å²) in [5.74, 6) is 0.766. The van der Waals surface area contributed by atoms with Crippen molar-refractivity contribution in [2.75, 3.05) is 6.54 Å². The molecule has 1 fully saturated rings. The molecule has 10 heteroatoms. The van der Waals surface area contributed by atoms with E-state index in [0.29, 0.717) is 6.04 Å². The Bertz CT molecular complexity index is 1110. The molecule has 3 aromatic rings. The molecule has 1 saturated carbocycles. The van der Waals surface area contributed by atoms with E-state index in [2.05, 4.69) is 9.44 Å². The van der Waals surface area contributed by atoms with Crippen molar-refractivity contribution >= 4 is 59.0 Å². The molecule has 0 radical (unpaired) electrons. The lowest BCUT2D eigenvalue weighted by Crippen LogP contribution is -2.43. The predicted molar refractivity (Wildman–Crippen MR) is 167 cm³/mol. The first-order valence-electron chi connectivity index (χ1n) is 12.6. The molecule has 0 amide bonds. The van der Waals surface area contributed by atoms with E-state index in [0.717, 1.165) is 58.0 Å². The van der Waals surface area contributed by atoms with Gasteiger partial charge in [-0.05, 0) is 66.8 Å². The quantitative estimate of drug-likeness (QED) is 0.158. The highest BCUT2D eigenvalue weighted by atomic mass is 35.5. The standard InChI is InChI=1S/C20H22Cl2N6S2.C6H6.C2H6/c21-14-3-1-13(2-4-14)19-9-10-28(25-19)20(24-16-11-17(12-16)26-30-23)27-29-18-7-5-15(22)6-8-18;1-2-4-6-5-3-1;1-2/h1-8,16-17,26H,9-12,23H2,(H,24,27);1-6H;1-2H3. The van der Waals surface area contributed by atoms with Gasteiger partial charge in [-0.1, -0.05) is 85.6 Å². The lowest BCUT2D eigenvalue weighted by Gasteiger charge is -2.33. The Morgan fingerprint density at radius 1 is 0.921 bits per heavy atom. The summed E-state index contributed by atoms with van der Waals surface area (Å²) < 4.78 is 6.58. The van der Waals surface area contributed by atoms with Gasteiger partial charge in [-0.25, -0.2) is 14.7 Å². The van der Waals surface area contributed by atoms with E-state index in [1.54, 1.807) is 0 Å². The number of nitrogens with two attached hydrogens (primary N) is 1. The molecule has 202 valence electrons. The highest BCUT2D eigenvalue weighted by Gasteiger charge is 2.30. The molecule has 0 bridgehead atoms. The first-order valence-corrected chi connectivity index (χ1v) is 15.0. The molecule has 1 heterocycles. The minimum Gasteiger partial charge on any atom is -0.295 e. The molecule has 1 aliphatic carbocycles. The maximum absolute atomic E-state index is 6.02. The monoisotopic (exact) mass is 588 g/mol. The number of hydrogen-bond acceptors (Lipinski definition) is 6. The smallest absolute Gasteiger partial charge is 0.225 e. The van der Waals surface area contributed by atoms with Crippen molar-refractivity contribution < 1.29 is 0 Å². The molecular weight excluding hydrogens is 555 g/mol. The molecule has 3 aromatic carbocycles. The largest absolute Gasteiger partial charge is 0.295 e. The molecule has 1 aliphatic heterocycles. The van der Waals surface area contributed by atoms with Crippen LogP contribution in [0.25, 0.3) is 0 Å². The second-order valence-electron chi connectivity index (χ2n) is 8.25. The first-order chi connectivity index (χ1) is 18.6. The zero-order valence-corrected chi connectivity index (χ0v) is 24.7. The average molecular weight is 590 g/mol. The number of benzene rings is 3. The average Bonchev–Trinajstić information content (AvgIpc) is 3.43. The van der Waals surface area contributed by atoms with Gasteiger partial charge in [0.15, 0.2) is 0 Å². The van der Waals surface area contributed by atoms with E-state index in [1.165, 1.54) is 24.1 Å². The molecular formula is C28H34Cl2N6S2. The lowest BCUT2D eigenvalue weighted by atomic mass is 9.88. The Morgan fingerprint density at radius 2 is 1.47 bits per heavy atom. The number of nitrogens with zero attached hydrogens (tertiary/aromatic N) is 3. The minimum atomic E-state index is 0.248. The van der Waals surface area contributed by atoms with Gasteiger partial charge in [0.2, 0.25) is 5.96 Å². The number of guanidine groups is 1. The first kappa shape index (κ1) is 30.3. The Labute approximate surface area is 244 Å². The van der Waals surface area contributed by atoms with Crippen LogP contribution in [0.1, 0.15) is 38.7 Å². The van der Waals surface area contributed by atoms with E-state index >= 15 is 0 Å². The highest BCUT2D eigenvalue weighted by Crippen LogP contribution is 2.26. The van der Waals surface area contributed by atoms with Gasteiger partial charge in [0.25, 0.3) is 0 Å². The number of aliphatic imine (C=N–C) groups is 1. The van der Waals surface area contributed by atoms with E-state index in [1.807, 2.05) is 104 Å². The van der Waals surface area contributed by atoms with Gasteiger partial charge in [0, 0.05) is 39.5 Å². The Hall–Kier alpha value is -2.20. The van der Waals surface area contributed by atoms with Crippen molar-refractivity contribution in [1.82, 2.24) is 14.5 Å².